The van der Waals surface area contributed by atoms with Gasteiger partial charge in [0.1, 0.15) is 5.75 Å². The van der Waals surface area contributed by atoms with E-state index in [-0.39, 0.29) is 23.6 Å². The molecule has 2 aromatic rings. The Morgan fingerprint density at radius 1 is 1.16 bits per heavy atom. The van der Waals surface area contributed by atoms with Crippen LogP contribution >= 0.6 is 0 Å². The highest BCUT2D eigenvalue weighted by molar-refractivity contribution is 5.91. The summed E-state index contributed by atoms with van der Waals surface area (Å²) >= 11 is 0. The van der Waals surface area contributed by atoms with Crippen LogP contribution in [0, 0.1) is 0 Å². The van der Waals surface area contributed by atoms with E-state index in [1.807, 2.05) is 12.1 Å². The average Bonchev–Trinajstić information content (AvgIpc) is 3.16. The molecule has 0 atom stereocenters. The number of piperidine rings is 1. The summed E-state index contributed by atoms with van der Waals surface area (Å²) in [6.45, 7) is 1.20. The minimum absolute atomic E-state index is 0.0286. The fourth-order valence-electron chi connectivity index (χ4n) is 3.05. The number of amides is 2. The van der Waals surface area contributed by atoms with Crippen LogP contribution in [0.5, 0.6) is 5.75 Å². The molecule has 0 saturated carbocycles. The number of nitrogens with zero attached hydrogens (tertiary/aromatic N) is 1. The molecule has 132 valence electrons. The number of benzene rings is 1. The first-order chi connectivity index (χ1) is 12.1. The quantitative estimate of drug-likeness (QED) is 0.874. The number of aromatic hydroxyl groups is 1. The van der Waals surface area contributed by atoms with Gasteiger partial charge in [0.05, 0.1) is 6.26 Å². The number of carbonyl (C=O) groups is 2. The van der Waals surface area contributed by atoms with E-state index in [0.29, 0.717) is 31.7 Å². The van der Waals surface area contributed by atoms with Crippen LogP contribution in [0.15, 0.2) is 47.1 Å². The third-order valence-electron chi connectivity index (χ3n) is 4.49. The van der Waals surface area contributed by atoms with Gasteiger partial charge in [-0.15, -0.1) is 0 Å². The van der Waals surface area contributed by atoms with Crippen LogP contribution in [-0.4, -0.2) is 41.0 Å². The molecule has 0 spiro atoms. The lowest BCUT2D eigenvalue weighted by Crippen LogP contribution is -2.46. The van der Waals surface area contributed by atoms with E-state index >= 15 is 0 Å². The number of furan rings is 1. The van der Waals surface area contributed by atoms with Crippen LogP contribution in [-0.2, 0) is 11.2 Å². The van der Waals surface area contributed by atoms with E-state index in [1.54, 1.807) is 29.2 Å². The van der Waals surface area contributed by atoms with Gasteiger partial charge in [-0.3, -0.25) is 9.59 Å². The van der Waals surface area contributed by atoms with Gasteiger partial charge in [-0.25, -0.2) is 0 Å². The predicted molar refractivity (Wildman–Crippen MR) is 92.2 cm³/mol. The molecular weight excluding hydrogens is 320 g/mol. The number of nitrogens with one attached hydrogen (secondary N) is 1. The van der Waals surface area contributed by atoms with Crippen LogP contribution < -0.4 is 5.32 Å². The molecule has 3 rings (SSSR count). The largest absolute Gasteiger partial charge is 0.508 e. The fraction of sp³-hybridized carbons (Fsp3) is 0.368. The Morgan fingerprint density at radius 3 is 2.60 bits per heavy atom. The van der Waals surface area contributed by atoms with Gasteiger partial charge in [0.25, 0.3) is 5.91 Å². The van der Waals surface area contributed by atoms with Crippen LogP contribution in [0.1, 0.15) is 35.4 Å². The summed E-state index contributed by atoms with van der Waals surface area (Å²) in [5.41, 5.74) is 0.775. The van der Waals surface area contributed by atoms with Crippen molar-refractivity contribution in [1.29, 1.82) is 0 Å². The highest BCUT2D eigenvalue weighted by Gasteiger charge is 2.25. The molecule has 0 bridgehead atoms. The van der Waals surface area contributed by atoms with Crippen molar-refractivity contribution in [3.63, 3.8) is 0 Å². The van der Waals surface area contributed by atoms with Gasteiger partial charge in [0, 0.05) is 25.6 Å². The lowest BCUT2D eigenvalue weighted by atomic mass is 10.0. The zero-order valence-electron chi connectivity index (χ0n) is 14.0. The maximum Gasteiger partial charge on any atom is 0.289 e. The number of hydrogen-bond acceptors (Lipinski definition) is 4. The monoisotopic (exact) mass is 342 g/mol. The van der Waals surface area contributed by atoms with Crippen molar-refractivity contribution in [3.8, 4) is 5.75 Å². The van der Waals surface area contributed by atoms with Crippen LogP contribution in [0.2, 0.25) is 0 Å². The third-order valence-corrected chi connectivity index (χ3v) is 4.49. The van der Waals surface area contributed by atoms with Crippen LogP contribution in [0.4, 0.5) is 0 Å². The van der Waals surface area contributed by atoms with Gasteiger partial charge in [0.15, 0.2) is 5.76 Å². The first kappa shape index (κ1) is 17.1. The van der Waals surface area contributed by atoms with Crippen molar-refractivity contribution in [2.24, 2.45) is 0 Å². The molecule has 6 nitrogen and oxygen atoms in total. The van der Waals surface area contributed by atoms with Gasteiger partial charge >= 0.3 is 0 Å². The Hall–Kier alpha value is -2.76. The first-order valence-corrected chi connectivity index (χ1v) is 8.52. The Labute approximate surface area is 146 Å². The molecule has 0 unspecified atom stereocenters. The lowest BCUT2D eigenvalue weighted by Gasteiger charge is -2.31. The van der Waals surface area contributed by atoms with E-state index in [9.17, 15) is 14.7 Å². The predicted octanol–water partition coefficient (Wildman–Crippen LogP) is 2.34. The summed E-state index contributed by atoms with van der Waals surface area (Å²) in [5.74, 6) is 0.443. The Balaban J connectivity index is 1.42. The van der Waals surface area contributed by atoms with Crippen molar-refractivity contribution in [1.82, 2.24) is 10.2 Å². The van der Waals surface area contributed by atoms with E-state index in [1.165, 1.54) is 6.26 Å². The van der Waals surface area contributed by atoms with Crippen molar-refractivity contribution in [3.05, 3.63) is 54.0 Å². The molecule has 1 aliphatic rings. The number of phenols is 1. The second-order valence-electron chi connectivity index (χ2n) is 6.24. The lowest BCUT2D eigenvalue weighted by molar-refractivity contribution is -0.122. The molecule has 0 radical (unpaired) electrons. The van der Waals surface area contributed by atoms with Gasteiger partial charge < -0.3 is 19.7 Å². The Bertz CT molecular complexity index is 719. The van der Waals surface area contributed by atoms with Gasteiger partial charge in [-0.2, -0.15) is 0 Å². The molecule has 2 amide bonds. The maximum atomic E-state index is 12.2. The normalized spacial score (nSPS) is 15.1. The molecule has 25 heavy (non-hydrogen) atoms. The first-order valence-electron chi connectivity index (χ1n) is 8.52. The van der Waals surface area contributed by atoms with Crippen molar-refractivity contribution in [2.75, 3.05) is 13.1 Å². The Kier molecular flexibility index (Phi) is 5.38. The number of para-hydroxylation sites is 1. The molecule has 1 fully saturated rings. The smallest absolute Gasteiger partial charge is 0.289 e. The molecule has 1 aromatic heterocycles. The number of aryl methyl sites for hydroxylation is 1. The SMILES string of the molecule is O=C(CCc1ccccc1O)NC1CCN(C(=O)c2ccco2)CC1. The minimum Gasteiger partial charge on any atom is -0.508 e. The number of carbonyl (C=O) groups excluding carboxylic acids is 2. The third kappa shape index (κ3) is 4.41. The second-order valence-corrected chi connectivity index (χ2v) is 6.24. The zero-order chi connectivity index (χ0) is 17.6. The molecule has 0 aliphatic carbocycles. The van der Waals surface area contributed by atoms with Crippen molar-refractivity contribution in [2.45, 2.75) is 31.7 Å². The number of rotatable bonds is 5. The van der Waals surface area contributed by atoms with E-state index in [2.05, 4.69) is 5.32 Å². The maximum absolute atomic E-state index is 12.2. The van der Waals surface area contributed by atoms with E-state index < -0.39 is 0 Å². The Morgan fingerprint density at radius 2 is 1.92 bits per heavy atom. The molecule has 1 aliphatic heterocycles. The zero-order valence-corrected chi connectivity index (χ0v) is 14.0. The molecular formula is C19H22N2O4. The highest BCUT2D eigenvalue weighted by atomic mass is 16.3. The highest BCUT2D eigenvalue weighted by Crippen LogP contribution is 2.18. The number of likely N-dealkylation sites (tertiary alicyclic amines) is 1. The van der Waals surface area contributed by atoms with Crippen molar-refractivity contribution >= 4 is 11.8 Å². The standard InChI is InChI=1S/C19H22N2O4/c22-16-5-2-1-4-14(16)7-8-18(23)20-15-9-11-21(12-10-15)19(24)17-6-3-13-25-17/h1-6,13,15,22H,7-12H2,(H,20,23). The van der Waals surface area contributed by atoms with Crippen LogP contribution in [0.25, 0.3) is 0 Å². The molecule has 1 aromatic carbocycles. The molecule has 6 heteroatoms. The summed E-state index contributed by atoms with van der Waals surface area (Å²) in [4.78, 5) is 26.1. The average molecular weight is 342 g/mol. The fourth-order valence-corrected chi connectivity index (χ4v) is 3.05. The van der Waals surface area contributed by atoms with Gasteiger partial charge in [-0.1, -0.05) is 18.2 Å². The summed E-state index contributed by atoms with van der Waals surface area (Å²) < 4.78 is 5.14. The molecule has 2 heterocycles. The summed E-state index contributed by atoms with van der Waals surface area (Å²) in [7, 11) is 0. The van der Waals surface area contributed by atoms with E-state index in [4.69, 9.17) is 4.42 Å². The summed E-state index contributed by atoms with van der Waals surface area (Å²) in [6, 6.07) is 10.5. The number of hydrogen-bond donors (Lipinski definition) is 2. The minimum atomic E-state index is -0.102. The summed E-state index contributed by atoms with van der Waals surface area (Å²) in [6.07, 6.45) is 3.80. The second kappa shape index (κ2) is 7.88. The van der Waals surface area contributed by atoms with Crippen LogP contribution in [0.3, 0.4) is 0 Å². The molecule has 1 saturated heterocycles. The van der Waals surface area contributed by atoms with Crippen molar-refractivity contribution < 1.29 is 19.1 Å². The van der Waals surface area contributed by atoms with E-state index in [0.717, 1.165) is 18.4 Å². The number of phenolic OH excluding ortho intramolecular Hbond substituents is 1. The molecule has 2 N–H and O–H groups in total. The topological polar surface area (TPSA) is 82.8 Å². The summed E-state index contributed by atoms with van der Waals surface area (Å²) in [5, 5.41) is 12.7. The van der Waals surface area contributed by atoms with Gasteiger partial charge in [0.2, 0.25) is 5.91 Å². The van der Waals surface area contributed by atoms with Gasteiger partial charge in [-0.05, 0) is 43.0 Å².